The summed E-state index contributed by atoms with van der Waals surface area (Å²) in [5.41, 5.74) is 0.272. The number of hydrogen-bond donors (Lipinski definition) is 1. The van der Waals surface area contributed by atoms with Crippen molar-refractivity contribution in [2.75, 3.05) is 0 Å². The van der Waals surface area contributed by atoms with Gasteiger partial charge in [0.15, 0.2) is 5.82 Å². The lowest BCUT2D eigenvalue weighted by molar-refractivity contribution is 0.167. The quantitative estimate of drug-likeness (QED) is 0.913. The predicted molar refractivity (Wildman–Crippen MR) is 62.1 cm³/mol. The summed E-state index contributed by atoms with van der Waals surface area (Å²) in [7, 11) is 0. The second-order valence-corrected chi connectivity index (χ2v) is 3.93. The summed E-state index contributed by atoms with van der Waals surface area (Å²) >= 11 is 5.87. The number of aliphatic hydroxyl groups is 1. The summed E-state index contributed by atoms with van der Waals surface area (Å²) < 4.78 is 13.5. The fraction of sp³-hybridized carbons (Fsp3) is 0.167. The van der Waals surface area contributed by atoms with Crippen LogP contribution in [-0.2, 0) is 6.42 Å². The smallest absolute Gasteiger partial charge is 0.157 e. The van der Waals surface area contributed by atoms with E-state index in [4.69, 9.17) is 11.6 Å². The van der Waals surface area contributed by atoms with Gasteiger partial charge in [-0.3, -0.25) is 0 Å². The molecule has 88 valence electrons. The van der Waals surface area contributed by atoms with Crippen LogP contribution in [0.3, 0.4) is 0 Å². The molecule has 0 fully saturated rings. The van der Waals surface area contributed by atoms with Gasteiger partial charge in [0.2, 0.25) is 0 Å². The van der Waals surface area contributed by atoms with E-state index in [0.717, 1.165) is 0 Å². The van der Waals surface area contributed by atoms with Crippen LogP contribution in [0.2, 0.25) is 5.02 Å². The van der Waals surface area contributed by atoms with Gasteiger partial charge >= 0.3 is 0 Å². The molecule has 1 aromatic carbocycles. The standard InChI is InChI=1S/C12H10ClFN2O/c13-9-3-1-4-10(14)8(9)7-11(17)12-15-5-2-6-16-12/h1-6,11,17H,7H2. The molecule has 1 unspecified atom stereocenters. The first-order valence-electron chi connectivity index (χ1n) is 5.06. The van der Waals surface area contributed by atoms with E-state index >= 15 is 0 Å². The molecule has 5 heteroatoms. The van der Waals surface area contributed by atoms with E-state index in [9.17, 15) is 9.50 Å². The molecule has 0 aliphatic rings. The van der Waals surface area contributed by atoms with Crippen LogP contribution in [0.5, 0.6) is 0 Å². The van der Waals surface area contributed by atoms with Crippen molar-refractivity contribution in [3.63, 3.8) is 0 Å². The predicted octanol–water partition coefficient (Wildman–Crippen LogP) is 2.55. The molecule has 0 radical (unpaired) electrons. The van der Waals surface area contributed by atoms with E-state index in [1.54, 1.807) is 12.1 Å². The molecular weight excluding hydrogens is 243 g/mol. The van der Waals surface area contributed by atoms with Crippen LogP contribution >= 0.6 is 11.6 Å². The molecule has 1 atom stereocenters. The highest BCUT2D eigenvalue weighted by Crippen LogP contribution is 2.24. The fourth-order valence-corrected chi connectivity index (χ4v) is 1.73. The van der Waals surface area contributed by atoms with E-state index < -0.39 is 11.9 Å². The molecular formula is C12H10ClFN2O. The van der Waals surface area contributed by atoms with E-state index in [0.29, 0.717) is 5.02 Å². The molecule has 0 spiro atoms. The Kier molecular flexibility index (Phi) is 3.66. The van der Waals surface area contributed by atoms with Crippen molar-refractivity contribution in [3.8, 4) is 0 Å². The van der Waals surface area contributed by atoms with Gasteiger partial charge in [0, 0.05) is 29.4 Å². The van der Waals surface area contributed by atoms with Gasteiger partial charge in [-0.05, 0) is 18.2 Å². The maximum atomic E-state index is 13.5. The summed E-state index contributed by atoms with van der Waals surface area (Å²) in [6.45, 7) is 0. The van der Waals surface area contributed by atoms with Crippen LogP contribution in [0.4, 0.5) is 4.39 Å². The number of benzene rings is 1. The third kappa shape index (κ3) is 2.78. The highest BCUT2D eigenvalue weighted by Gasteiger charge is 2.15. The van der Waals surface area contributed by atoms with Crippen LogP contribution < -0.4 is 0 Å². The van der Waals surface area contributed by atoms with Gasteiger partial charge < -0.3 is 5.11 Å². The lowest BCUT2D eigenvalue weighted by Crippen LogP contribution is -2.07. The topological polar surface area (TPSA) is 46.0 Å². The minimum Gasteiger partial charge on any atom is -0.385 e. The van der Waals surface area contributed by atoms with Gasteiger partial charge in [-0.15, -0.1) is 0 Å². The zero-order valence-corrected chi connectivity index (χ0v) is 9.60. The van der Waals surface area contributed by atoms with Crippen molar-refractivity contribution < 1.29 is 9.50 Å². The zero-order chi connectivity index (χ0) is 12.3. The molecule has 2 aromatic rings. The minimum absolute atomic E-state index is 0.0511. The van der Waals surface area contributed by atoms with Crippen molar-refractivity contribution in [2.45, 2.75) is 12.5 Å². The number of rotatable bonds is 3. The summed E-state index contributed by atoms with van der Waals surface area (Å²) in [6.07, 6.45) is 2.13. The van der Waals surface area contributed by atoms with Crippen LogP contribution in [0, 0.1) is 5.82 Å². The van der Waals surface area contributed by atoms with Gasteiger partial charge in [0.25, 0.3) is 0 Å². The number of hydrogen-bond acceptors (Lipinski definition) is 3. The Bertz CT molecular complexity index is 487. The Labute approximate surface area is 103 Å². The molecule has 1 N–H and O–H groups in total. The molecule has 0 saturated carbocycles. The summed E-state index contributed by atoms with van der Waals surface area (Å²) in [6, 6.07) is 6.05. The minimum atomic E-state index is -0.967. The van der Waals surface area contributed by atoms with Crippen molar-refractivity contribution in [1.29, 1.82) is 0 Å². The Hall–Kier alpha value is -1.52. The molecule has 0 amide bonds. The first-order chi connectivity index (χ1) is 8.18. The fourth-order valence-electron chi connectivity index (χ4n) is 1.49. The molecule has 2 rings (SSSR count). The monoisotopic (exact) mass is 252 g/mol. The summed E-state index contributed by atoms with van der Waals surface area (Å²) in [4.78, 5) is 7.82. The number of nitrogens with zero attached hydrogens (tertiary/aromatic N) is 2. The number of aromatic nitrogens is 2. The largest absolute Gasteiger partial charge is 0.385 e. The van der Waals surface area contributed by atoms with Crippen molar-refractivity contribution in [1.82, 2.24) is 9.97 Å². The van der Waals surface area contributed by atoms with E-state index in [2.05, 4.69) is 9.97 Å². The number of aliphatic hydroxyl groups excluding tert-OH is 1. The Balaban J connectivity index is 2.22. The molecule has 1 aromatic heterocycles. The summed E-state index contributed by atoms with van der Waals surface area (Å²) in [5.74, 6) is -0.181. The van der Waals surface area contributed by atoms with Crippen LogP contribution in [-0.4, -0.2) is 15.1 Å². The molecule has 0 aliphatic carbocycles. The lowest BCUT2D eigenvalue weighted by atomic mass is 10.1. The van der Waals surface area contributed by atoms with Gasteiger partial charge in [-0.25, -0.2) is 14.4 Å². The van der Waals surface area contributed by atoms with Crippen molar-refractivity contribution in [2.24, 2.45) is 0 Å². The third-order valence-electron chi connectivity index (χ3n) is 2.34. The first-order valence-corrected chi connectivity index (χ1v) is 5.44. The van der Waals surface area contributed by atoms with Crippen LogP contribution in [0.25, 0.3) is 0 Å². The number of halogens is 2. The van der Waals surface area contributed by atoms with Crippen LogP contribution in [0.15, 0.2) is 36.7 Å². The molecule has 0 aliphatic heterocycles. The van der Waals surface area contributed by atoms with E-state index in [1.165, 1.54) is 24.5 Å². The Morgan fingerprint density at radius 1 is 1.24 bits per heavy atom. The maximum Gasteiger partial charge on any atom is 0.157 e. The average Bonchev–Trinajstić information content (AvgIpc) is 2.35. The third-order valence-corrected chi connectivity index (χ3v) is 2.70. The Morgan fingerprint density at radius 2 is 1.94 bits per heavy atom. The van der Waals surface area contributed by atoms with E-state index in [1.807, 2.05) is 0 Å². The summed E-state index contributed by atoms with van der Waals surface area (Å²) in [5, 5.41) is 10.2. The van der Waals surface area contributed by atoms with Gasteiger partial charge in [-0.1, -0.05) is 17.7 Å². The zero-order valence-electron chi connectivity index (χ0n) is 8.85. The van der Waals surface area contributed by atoms with E-state index in [-0.39, 0.29) is 17.8 Å². The van der Waals surface area contributed by atoms with Crippen molar-refractivity contribution in [3.05, 3.63) is 58.9 Å². The second-order valence-electron chi connectivity index (χ2n) is 3.53. The van der Waals surface area contributed by atoms with Gasteiger partial charge in [0.1, 0.15) is 11.9 Å². The van der Waals surface area contributed by atoms with Crippen molar-refractivity contribution >= 4 is 11.6 Å². The average molecular weight is 253 g/mol. The Morgan fingerprint density at radius 3 is 2.59 bits per heavy atom. The molecule has 17 heavy (non-hydrogen) atoms. The molecule has 1 heterocycles. The highest BCUT2D eigenvalue weighted by atomic mass is 35.5. The molecule has 3 nitrogen and oxygen atoms in total. The highest BCUT2D eigenvalue weighted by molar-refractivity contribution is 6.31. The normalized spacial score (nSPS) is 12.4. The molecule has 0 saturated heterocycles. The maximum absolute atomic E-state index is 13.5. The van der Waals surface area contributed by atoms with Crippen LogP contribution in [0.1, 0.15) is 17.5 Å². The van der Waals surface area contributed by atoms with Gasteiger partial charge in [-0.2, -0.15) is 0 Å². The van der Waals surface area contributed by atoms with Gasteiger partial charge in [0.05, 0.1) is 0 Å². The lowest BCUT2D eigenvalue weighted by Gasteiger charge is -2.10. The SMILES string of the molecule is OC(Cc1c(F)cccc1Cl)c1ncccn1. The first kappa shape index (κ1) is 12.0. The molecule has 0 bridgehead atoms. The second kappa shape index (κ2) is 5.21.